The highest BCUT2D eigenvalue weighted by Crippen LogP contribution is 2.59. The SMILES string of the molecule is COc1ccc(S(C)(=O)=O)cc1C(=O)N1CCC2(CC1)CC2C(=O)O. The minimum atomic E-state index is -3.43. The molecule has 1 atom stereocenters. The molecule has 0 bridgehead atoms. The number of ether oxygens (including phenoxy) is 1. The quantitative estimate of drug-likeness (QED) is 0.864. The molecule has 25 heavy (non-hydrogen) atoms. The number of hydrogen-bond acceptors (Lipinski definition) is 5. The number of amides is 1. The zero-order valence-electron chi connectivity index (χ0n) is 14.2. The minimum absolute atomic E-state index is 0.0678. The first-order chi connectivity index (χ1) is 11.7. The van der Waals surface area contributed by atoms with E-state index in [9.17, 15) is 18.0 Å². The second-order valence-electron chi connectivity index (χ2n) is 6.88. The van der Waals surface area contributed by atoms with E-state index < -0.39 is 15.8 Å². The van der Waals surface area contributed by atoms with Crippen LogP contribution < -0.4 is 4.74 Å². The van der Waals surface area contributed by atoms with Gasteiger partial charge in [-0.1, -0.05) is 0 Å². The van der Waals surface area contributed by atoms with Gasteiger partial charge in [0.2, 0.25) is 0 Å². The van der Waals surface area contributed by atoms with Crippen molar-refractivity contribution in [3.63, 3.8) is 0 Å². The molecule has 1 amide bonds. The molecule has 1 saturated carbocycles. The molecule has 0 aromatic heterocycles. The molecule has 1 unspecified atom stereocenters. The van der Waals surface area contributed by atoms with Crippen LogP contribution in [0, 0.1) is 11.3 Å². The lowest BCUT2D eigenvalue weighted by Crippen LogP contribution is -2.40. The van der Waals surface area contributed by atoms with Gasteiger partial charge in [0.15, 0.2) is 9.84 Å². The molecule has 1 N–H and O–H groups in total. The number of rotatable bonds is 4. The summed E-state index contributed by atoms with van der Waals surface area (Å²) in [7, 11) is -2.00. The Morgan fingerprint density at radius 3 is 2.40 bits per heavy atom. The van der Waals surface area contributed by atoms with Crippen LogP contribution in [0.15, 0.2) is 23.1 Å². The van der Waals surface area contributed by atoms with Crippen molar-refractivity contribution in [2.75, 3.05) is 26.5 Å². The molecule has 1 aromatic carbocycles. The van der Waals surface area contributed by atoms with Crippen LogP contribution in [0.3, 0.4) is 0 Å². The Bertz CT molecular complexity index is 824. The maximum absolute atomic E-state index is 12.8. The first kappa shape index (κ1) is 17.7. The smallest absolute Gasteiger partial charge is 0.307 e. The molecule has 1 aliphatic carbocycles. The van der Waals surface area contributed by atoms with Gasteiger partial charge >= 0.3 is 5.97 Å². The van der Waals surface area contributed by atoms with E-state index in [-0.39, 0.29) is 27.7 Å². The van der Waals surface area contributed by atoms with E-state index in [1.165, 1.54) is 25.3 Å². The number of sulfone groups is 1. The Hall–Kier alpha value is -2.09. The van der Waals surface area contributed by atoms with Crippen molar-refractivity contribution >= 4 is 21.7 Å². The molecule has 2 aliphatic rings. The number of aliphatic carboxylic acids is 1. The van der Waals surface area contributed by atoms with Crippen molar-refractivity contribution in [3.8, 4) is 5.75 Å². The van der Waals surface area contributed by atoms with Crippen LogP contribution in [0.1, 0.15) is 29.6 Å². The monoisotopic (exact) mass is 367 g/mol. The predicted octanol–water partition coefficient (Wildman–Crippen LogP) is 1.43. The van der Waals surface area contributed by atoms with E-state index in [2.05, 4.69) is 0 Å². The molecular weight excluding hydrogens is 346 g/mol. The van der Waals surface area contributed by atoms with Gasteiger partial charge in [0.1, 0.15) is 5.75 Å². The molecule has 136 valence electrons. The normalized spacial score (nSPS) is 21.8. The zero-order chi connectivity index (χ0) is 18.4. The highest BCUT2D eigenvalue weighted by Gasteiger charge is 2.59. The fourth-order valence-corrected chi connectivity index (χ4v) is 4.31. The standard InChI is InChI=1S/C17H21NO6S/c1-24-14-4-3-11(25(2,22)23)9-12(14)15(19)18-7-5-17(6-8-18)10-13(17)16(20)21/h3-4,9,13H,5-8,10H2,1-2H3,(H,20,21). The Kier molecular flexibility index (Phi) is 4.26. The summed E-state index contributed by atoms with van der Waals surface area (Å²) in [4.78, 5) is 25.7. The lowest BCUT2D eigenvalue weighted by atomic mass is 9.90. The fourth-order valence-electron chi connectivity index (χ4n) is 3.66. The van der Waals surface area contributed by atoms with Crippen molar-refractivity contribution in [3.05, 3.63) is 23.8 Å². The lowest BCUT2D eigenvalue weighted by molar-refractivity contribution is -0.139. The molecule has 3 rings (SSSR count). The van der Waals surface area contributed by atoms with Crippen molar-refractivity contribution < 1.29 is 27.9 Å². The molecular formula is C17H21NO6S. The van der Waals surface area contributed by atoms with E-state index in [0.717, 1.165) is 6.26 Å². The summed E-state index contributed by atoms with van der Waals surface area (Å²) in [6, 6.07) is 4.24. The maximum atomic E-state index is 12.8. The van der Waals surface area contributed by atoms with Gasteiger partial charge in [0.25, 0.3) is 5.91 Å². The largest absolute Gasteiger partial charge is 0.496 e. The molecule has 1 aromatic rings. The fraction of sp³-hybridized carbons (Fsp3) is 0.529. The highest BCUT2D eigenvalue weighted by atomic mass is 32.2. The summed E-state index contributed by atoms with van der Waals surface area (Å²) >= 11 is 0. The van der Waals surface area contributed by atoms with Crippen LogP contribution in [0.4, 0.5) is 0 Å². The van der Waals surface area contributed by atoms with Crippen molar-refractivity contribution in [1.29, 1.82) is 0 Å². The summed E-state index contributed by atoms with van der Waals surface area (Å²) in [6.45, 7) is 0.934. The average Bonchev–Trinajstić information content (AvgIpc) is 3.27. The number of carbonyl (C=O) groups is 2. The number of piperidine rings is 1. The third-order valence-corrected chi connectivity index (χ3v) is 6.47. The Morgan fingerprint density at radius 2 is 1.92 bits per heavy atom. The third-order valence-electron chi connectivity index (χ3n) is 5.36. The number of hydrogen-bond donors (Lipinski definition) is 1. The van der Waals surface area contributed by atoms with Crippen LogP contribution in [0.5, 0.6) is 5.75 Å². The van der Waals surface area contributed by atoms with Crippen molar-refractivity contribution in [1.82, 2.24) is 4.90 Å². The zero-order valence-corrected chi connectivity index (χ0v) is 15.0. The van der Waals surface area contributed by atoms with Gasteiger partial charge in [-0.25, -0.2) is 8.42 Å². The van der Waals surface area contributed by atoms with E-state index in [4.69, 9.17) is 9.84 Å². The summed E-state index contributed by atoms with van der Waals surface area (Å²) < 4.78 is 28.7. The lowest BCUT2D eigenvalue weighted by Gasteiger charge is -2.33. The number of methoxy groups -OCH3 is 1. The number of carbonyl (C=O) groups excluding carboxylic acids is 1. The number of benzene rings is 1. The van der Waals surface area contributed by atoms with Gasteiger partial charge in [-0.3, -0.25) is 9.59 Å². The third kappa shape index (κ3) is 3.22. The number of carboxylic acids is 1. The summed E-state index contributed by atoms with van der Waals surface area (Å²) in [5.74, 6) is -1.02. The molecule has 1 saturated heterocycles. The topological polar surface area (TPSA) is 101 Å². The summed E-state index contributed by atoms with van der Waals surface area (Å²) in [5, 5.41) is 9.14. The number of nitrogens with zero attached hydrogens (tertiary/aromatic N) is 1. The van der Waals surface area contributed by atoms with Crippen LogP contribution in [-0.2, 0) is 14.6 Å². The summed E-state index contributed by atoms with van der Waals surface area (Å²) in [5.41, 5.74) is 0.0494. The van der Waals surface area contributed by atoms with Crippen molar-refractivity contribution in [2.45, 2.75) is 24.2 Å². The van der Waals surface area contributed by atoms with Gasteiger partial charge in [-0.05, 0) is 42.9 Å². The molecule has 1 spiro atoms. The van der Waals surface area contributed by atoms with Crippen LogP contribution in [0.25, 0.3) is 0 Å². The first-order valence-electron chi connectivity index (χ1n) is 8.08. The van der Waals surface area contributed by atoms with Gasteiger partial charge in [0, 0.05) is 19.3 Å². The van der Waals surface area contributed by atoms with Crippen LogP contribution in [-0.4, -0.2) is 56.8 Å². The predicted molar refractivity (Wildman–Crippen MR) is 89.4 cm³/mol. The second kappa shape index (κ2) is 6.01. The van der Waals surface area contributed by atoms with E-state index in [1.54, 1.807) is 4.90 Å². The minimum Gasteiger partial charge on any atom is -0.496 e. The maximum Gasteiger partial charge on any atom is 0.307 e. The van der Waals surface area contributed by atoms with Crippen LogP contribution >= 0.6 is 0 Å². The Balaban J connectivity index is 1.79. The highest BCUT2D eigenvalue weighted by molar-refractivity contribution is 7.90. The average molecular weight is 367 g/mol. The van der Waals surface area contributed by atoms with Gasteiger partial charge < -0.3 is 14.7 Å². The van der Waals surface area contributed by atoms with E-state index in [0.29, 0.717) is 38.1 Å². The van der Waals surface area contributed by atoms with Gasteiger partial charge in [-0.15, -0.1) is 0 Å². The summed E-state index contributed by atoms with van der Waals surface area (Å²) in [6.07, 6.45) is 3.08. The number of carboxylic acid groups (broad SMARTS) is 1. The molecule has 0 radical (unpaired) electrons. The van der Waals surface area contributed by atoms with E-state index >= 15 is 0 Å². The molecule has 2 fully saturated rings. The molecule has 1 aliphatic heterocycles. The molecule has 7 nitrogen and oxygen atoms in total. The van der Waals surface area contributed by atoms with Crippen LogP contribution in [0.2, 0.25) is 0 Å². The molecule has 8 heteroatoms. The van der Waals surface area contributed by atoms with Gasteiger partial charge in [0.05, 0.1) is 23.5 Å². The second-order valence-corrected chi connectivity index (χ2v) is 8.90. The Morgan fingerprint density at radius 1 is 1.28 bits per heavy atom. The van der Waals surface area contributed by atoms with E-state index in [1.807, 2.05) is 0 Å². The van der Waals surface area contributed by atoms with Crippen molar-refractivity contribution in [2.24, 2.45) is 11.3 Å². The number of likely N-dealkylation sites (tertiary alicyclic amines) is 1. The first-order valence-corrected chi connectivity index (χ1v) is 9.97. The Labute approximate surface area is 146 Å². The molecule has 1 heterocycles. The van der Waals surface area contributed by atoms with Gasteiger partial charge in [-0.2, -0.15) is 0 Å².